The van der Waals surface area contributed by atoms with Crippen LogP contribution in [-0.4, -0.2) is 24.6 Å². The third-order valence-electron chi connectivity index (χ3n) is 5.38. The number of fused-ring (bicyclic) bond motifs is 1. The molecule has 27 heavy (non-hydrogen) atoms. The second-order valence-corrected chi connectivity index (χ2v) is 9.19. The second-order valence-electron chi connectivity index (χ2n) is 7.93. The highest BCUT2D eigenvalue weighted by molar-refractivity contribution is 7.98. The molecule has 2 aromatic rings. The standard InChI is InChI=1S/C23H29ClN2S/c1-6-11-26-21-13-19(24)17(12-18(21)16(2)14-23(26,3)4)15-25-20-9-7-8-10-22(20)27-5/h7-10,12-13,15-16H,6,11,14H2,1-5H3. The number of nitrogens with zero attached hydrogens (tertiary/aromatic N) is 2. The van der Waals surface area contributed by atoms with Crippen LogP contribution in [0, 0.1) is 0 Å². The summed E-state index contributed by atoms with van der Waals surface area (Å²) in [4.78, 5) is 8.42. The average molecular weight is 401 g/mol. The van der Waals surface area contributed by atoms with Gasteiger partial charge in [-0.1, -0.05) is 37.6 Å². The van der Waals surface area contributed by atoms with Crippen molar-refractivity contribution >= 4 is 41.0 Å². The predicted molar refractivity (Wildman–Crippen MR) is 122 cm³/mol. The molecule has 3 rings (SSSR count). The van der Waals surface area contributed by atoms with Gasteiger partial charge in [-0.2, -0.15) is 0 Å². The number of aliphatic imine (C=N–C) groups is 1. The molecule has 0 fully saturated rings. The average Bonchev–Trinajstić information content (AvgIpc) is 2.63. The van der Waals surface area contributed by atoms with Crippen molar-refractivity contribution < 1.29 is 0 Å². The van der Waals surface area contributed by atoms with E-state index in [4.69, 9.17) is 16.6 Å². The van der Waals surface area contributed by atoms with Crippen molar-refractivity contribution in [2.24, 2.45) is 4.99 Å². The Kier molecular flexibility index (Phi) is 6.22. The summed E-state index contributed by atoms with van der Waals surface area (Å²) in [6, 6.07) is 12.6. The normalized spacial score (nSPS) is 18.7. The van der Waals surface area contributed by atoms with Crippen molar-refractivity contribution in [3.63, 3.8) is 0 Å². The van der Waals surface area contributed by atoms with Gasteiger partial charge in [0.2, 0.25) is 0 Å². The monoisotopic (exact) mass is 400 g/mol. The Morgan fingerprint density at radius 3 is 2.74 bits per heavy atom. The molecule has 2 aromatic carbocycles. The molecule has 1 aliphatic rings. The maximum absolute atomic E-state index is 6.68. The molecule has 144 valence electrons. The zero-order chi connectivity index (χ0) is 19.6. The smallest absolute Gasteiger partial charge is 0.0765 e. The Labute approximate surface area is 173 Å². The number of hydrogen-bond donors (Lipinski definition) is 0. The van der Waals surface area contributed by atoms with E-state index in [0.717, 1.165) is 35.7 Å². The van der Waals surface area contributed by atoms with Crippen LogP contribution in [0.15, 0.2) is 46.3 Å². The molecule has 1 heterocycles. The quantitative estimate of drug-likeness (QED) is 0.386. The summed E-state index contributed by atoms with van der Waals surface area (Å²) in [5, 5.41) is 0.769. The Bertz CT molecular complexity index is 844. The van der Waals surface area contributed by atoms with Crippen molar-refractivity contribution in [3.05, 3.63) is 52.5 Å². The first-order chi connectivity index (χ1) is 12.9. The van der Waals surface area contributed by atoms with Crippen molar-refractivity contribution in [3.8, 4) is 0 Å². The number of thioether (sulfide) groups is 1. The van der Waals surface area contributed by atoms with E-state index >= 15 is 0 Å². The largest absolute Gasteiger partial charge is 0.366 e. The van der Waals surface area contributed by atoms with Gasteiger partial charge in [-0.15, -0.1) is 11.8 Å². The molecule has 0 amide bonds. The van der Waals surface area contributed by atoms with Crippen molar-refractivity contribution in [1.82, 2.24) is 0 Å². The Hall–Kier alpha value is -1.45. The van der Waals surface area contributed by atoms with Crippen LogP contribution < -0.4 is 4.90 Å². The van der Waals surface area contributed by atoms with E-state index in [1.54, 1.807) is 11.8 Å². The predicted octanol–water partition coefficient (Wildman–Crippen LogP) is 7.31. The van der Waals surface area contributed by atoms with Gasteiger partial charge in [0.05, 0.1) is 10.7 Å². The fraction of sp³-hybridized carbons (Fsp3) is 0.435. The van der Waals surface area contributed by atoms with Crippen LogP contribution in [0.25, 0.3) is 0 Å². The SMILES string of the molecule is CCCN1c2cc(Cl)c(C=Nc3ccccc3SC)cc2C(C)CC1(C)C. The van der Waals surface area contributed by atoms with Crippen LogP contribution in [-0.2, 0) is 0 Å². The zero-order valence-electron chi connectivity index (χ0n) is 16.9. The third kappa shape index (κ3) is 4.20. The van der Waals surface area contributed by atoms with E-state index in [0.29, 0.717) is 5.92 Å². The van der Waals surface area contributed by atoms with Crippen LogP contribution >= 0.6 is 23.4 Å². The van der Waals surface area contributed by atoms with Crippen molar-refractivity contribution in [2.45, 2.75) is 56.9 Å². The van der Waals surface area contributed by atoms with Crippen LogP contribution in [0.1, 0.15) is 57.6 Å². The Morgan fingerprint density at radius 1 is 1.30 bits per heavy atom. The fourth-order valence-corrected chi connectivity index (χ4v) is 4.89. The molecule has 1 unspecified atom stereocenters. The van der Waals surface area contributed by atoms with E-state index < -0.39 is 0 Å². The summed E-state index contributed by atoms with van der Waals surface area (Å²) in [6.07, 6.45) is 6.26. The summed E-state index contributed by atoms with van der Waals surface area (Å²) < 4.78 is 0. The minimum absolute atomic E-state index is 0.151. The van der Waals surface area contributed by atoms with E-state index in [1.807, 2.05) is 24.4 Å². The molecule has 0 bridgehead atoms. The first kappa shape index (κ1) is 20.3. The van der Waals surface area contributed by atoms with Crippen LogP contribution in [0.5, 0.6) is 0 Å². The van der Waals surface area contributed by atoms with Gasteiger partial charge in [0, 0.05) is 34.4 Å². The topological polar surface area (TPSA) is 15.6 Å². The van der Waals surface area contributed by atoms with Crippen LogP contribution in [0.4, 0.5) is 11.4 Å². The van der Waals surface area contributed by atoms with Gasteiger partial charge in [-0.25, -0.2) is 0 Å². The van der Waals surface area contributed by atoms with E-state index in [2.05, 4.69) is 57.0 Å². The third-order valence-corrected chi connectivity index (χ3v) is 6.49. The molecular formula is C23H29ClN2S. The first-order valence-electron chi connectivity index (χ1n) is 9.65. The zero-order valence-corrected chi connectivity index (χ0v) is 18.5. The lowest BCUT2D eigenvalue weighted by atomic mass is 9.79. The van der Waals surface area contributed by atoms with Gasteiger partial charge in [0.25, 0.3) is 0 Å². The lowest BCUT2D eigenvalue weighted by molar-refractivity contribution is 0.376. The number of para-hydroxylation sites is 1. The molecule has 0 aliphatic carbocycles. The summed E-state index contributed by atoms with van der Waals surface area (Å²) >= 11 is 8.39. The summed E-state index contributed by atoms with van der Waals surface area (Å²) in [5.74, 6) is 0.506. The Morgan fingerprint density at radius 2 is 2.04 bits per heavy atom. The maximum atomic E-state index is 6.68. The minimum atomic E-state index is 0.151. The highest BCUT2D eigenvalue weighted by Crippen LogP contribution is 2.45. The maximum Gasteiger partial charge on any atom is 0.0765 e. The minimum Gasteiger partial charge on any atom is -0.366 e. The molecule has 0 saturated carbocycles. The molecule has 2 nitrogen and oxygen atoms in total. The number of rotatable bonds is 5. The van der Waals surface area contributed by atoms with Gasteiger partial charge < -0.3 is 4.90 Å². The van der Waals surface area contributed by atoms with Crippen molar-refractivity contribution in [1.29, 1.82) is 0 Å². The fourth-order valence-electron chi connectivity index (χ4n) is 4.14. The van der Waals surface area contributed by atoms with Gasteiger partial charge in [0.1, 0.15) is 0 Å². The number of hydrogen-bond acceptors (Lipinski definition) is 3. The molecule has 0 aromatic heterocycles. The summed E-state index contributed by atoms with van der Waals surface area (Å²) in [6.45, 7) is 10.3. The van der Waals surface area contributed by atoms with Crippen LogP contribution in [0.2, 0.25) is 5.02 Å². The lowest BCUT2D eigenvalue weighted by Crippen LogP contribution is -2.48. The summed E-state index contributed by atoms with van der Waals surface area (Å²) in [7, 11) is 0. The first-order valence-corrected chi connectivity index (χ1v) is 11.3. The second kappa shape index (κ2) is 8.28. The molecule has 0 spiro atoms. The molecule has 1 aliphatic heterocycles. The van der Waals surface area contributed by atoms with Gasteiger partial charge in [-0.3, -0.25) is 4.99 Å². The highest BCUT2D eigenvalue weighted by Gasteiger charge is 2.36. The number of halogens is 1. The number of benzene rings is 2. The van der Waals surface area contributed by atoms with E-state index in [1.165, 1.54) is 16.1 Å². The van der Waals surface area contributed by atoms with Crippen LogP contribution in [0.3, 0.4) is 0 Å². The molecule has 0 N–H and O–H groups in total. The molecule has 4 heteroatoms. The lowest BCUT2D eigenvalue weighted by Gasteiger charge is -2.47. The Balaban J connectivity index is 2.01. The molecule has 0 radical (unpaired) electrons. The van der Waals surface area contributed by atoms with Gasteiger partial charge in [0.15, 0.2) is 0 Å². The van der Waals surface area contributed by atoms with Gasteiger partial charge in [-0.05, 0) is 68.7 Å². The number of anilines is 1. The molecular weight excluding hydrogens is 372 g/mol. The van der Waals surface area contributed by atoms with Crippen molar-refractivity contribution in [2.75, 3.05) is 17.7 Å². The van der Waals surface area contributed by atoms with E-state index in [9.17, 15) is 0 Å². The summed E-state index contributed by atoms with van der Waals surface area (Å²) in [5.41, 5.74) is 4.80. The highest BCUT2D eigenvalue weighted by atomic mass is 35.5. The van der Waals surface area contributed by atoms with Gasteiger partial charge >= 0.3 is 0 Å². The van der Waals surface area contributed by atoms with E-state index in [-0.39, 0.29) is 5.54 Å². The molecule has 1 atom stereocenters. The molecule has 0 saturated heterocycles.